The standard InChI is InChI=1S/C12H18N4O2S/c1-3-4-14-9(7-17-2)5-11-15-12(16-18-11)10-6-13-8-19-10/h6,8-9,14H,3-5,7H2,1-2H3. The Balaban J connectivity index is 1.97. The average molecular weight is 282 g/mol. The molecule has 0 aliphatic rings. The fourth-order valence-electron chi connectivity index (χ4n) is 1.71. The third-order valence-corrected chi connectivity index (χ3v) is 3.36. The molecule has 0 saturated heterocycles. The van der Waals surface area contributed by atoms with Crippen LogP contribution in [0.4, 0.5) is 0 Å². The molecule has 2 aromatic rings. The first-order valence-corrected chi connectivity index (χ1v) is 7.15. The van der Waals surface area contributed by atoms with Crippen LogP contribution < -0.4 is 5.32 Å². The second kappa shape index (κ2) is 7.32. The van der Waals surface area contributed by atoms with Gasteiger partial charge >= 0.3 is 0 Å². The molecule has 1 atom stereocenters. The highest BCUT2D eigenvalue weighted by Crippen LogP contribution is 2.19. The molecule has 1 unspecified atom stereocenters. The topological polar surface area (TPSA) is 73.1 Å². The predicted molar refractivity (Wildman–Crippen MR) is 73.1 cm³/mol. The highest BCUT2D eigenvalue weighted by Gasteiger charge is 2.15. The quantitative estimate of drug-likeness (QED) is 0.795. The SMILES string of the molecule is CCCNC(COC)Cc1nc(-c2cncs2)no1. The van der Waals surface area contributed by atoms with E-state index in [1.165, 1.54) is 11.3 Å². The van der Waals surface area contributed by atoms with Crippen molar-refractivity contribution in [3.05, 3.63) is 17.6 Å². The first kappa shape index (κ1) is 14.1. The number of hydrogen-bond donors (Lipinski definition) is 1. The maximum absolute atomic E-state index is 5.27. The van der Waals surface area contributed by atoms with Gasteiger partial charge in [0.25, 0.3) is 0 Å². The second-order valence-corrected chi connectivity index (χ2v) is 5.07. The van der Waals surface area contributed by atoms with E-state index in [-0.39, 0.29) is 6.04 Å². The normalized spacial score (nSPS) is 12.7. The van der Waals surface area contributed by atoms with Crippen molar-refractivity contribution in [1.29, 1.82) is 0 Å². The van der Waals surface area contributed by atoms with Crippen LogP contribution in [-0.4, -0.2) is 41.4 Å². The molecule has 0 aromatic carbocycles. The fraction of sp³-hybridized carbons (Fsp3) is 0.583. The zero-order valence-corrected chi connectivity index (χ0v) is 11.9. The Morgan fingerprint density at radius 2 is 2.42 bits per heavy atom. The van der Waals surface area contributed by atoms with E-state index >= 15 is 0 Å². The van der Waals surface area contributed by atoms with Crippen LogP contribution in [0.2, 0.25) is 0 Å². The van der Waals surface area contributed by atoms with Crippen LogP contribution >= 0.6 is 11.3 Å². The Labute approximate surface area is 116 Å². The van der Waals surface area contributed by atoms with Gasteiger partial charge in [-0.05, 0) is 13.0 Å². The number of nitrogens with one attached hydrogen (secondary N) is 1. The highest BCUT2D eigenvalue weighted by atomic mass is 32.1. The van der Waals surface area contributed by atoms with E-state index < -0.39 is 0 Å². The summed E-state index contributed by atoms with van der Waals surface area (Å²) in [5.41, 5.74) is 1.75. The summed E-state index contributed by atoms with van der Waals surface area (Å²) in [6, 6.07) is 0.194. The predicted octanol–water partition coefficient (Wildman–Crippen LogP) is 1.75. The summed E-state index contributed by atoms with van der Waals surface area (Å²) in [6.45, 7) is 3.70. The summed E-state index contributed by atoms with van der Waals surface area (Å²) in [5.74, 6) is 1.22. The number of thiazole rings is 1. The third kappa shape index (κ3) is 4.09. The Bertz CT molecular complexity index is 472. The minimum atomic E-state index is 0.194. The monoisotopic (exact) mass is 282 g/mol. The number of rotatable bonds is 8. The van der Waals surface area contributed by atoms with E-state index in [0.29, 0.717) is 24.7 Å². The summed E-state index contributed by atoms with van der Waals surface area (Å²) >= 11 is 1.50. The third-order valence-electron chi connectivity index (χ3n) is 2.59. The maximum Gasteiger partial charge on any atom is 0.228 e. The van der Waals surface area contributed by atoms with Crippen molar-refractivity contribution in [1.82, 2.24) is 20.4 Å². The minimum Gasteiger partial charge on any atom is -0.383 e. The van der Waals surface area contributed by atoms with Gasteiger partial charge in [-0.15, -0.1) is 11.3 Å². The molecule has 2 rings (SSSR count). The molecule has 0 aliphatic heterocycles. The maximum atomic E-state index is 5.27. The van der Waals surface area contributed by atoms with Crippen LogP contribution in [0, 0.1) is 0 Å². The Morgan fingerprint density at radius 3 is 3.11 bits per heavy atom. The largest absolute Gasteiger partial charge is 0.383 e. The molecule has 0 saturated carbocycles. The zero-order chi connectivity index (χ0) is 13.5. The molecule has 0 amide bonds. The molecule has 0 fully saturated rings. The molecule has 0 bridgehead atoms. The van der Waals surface area contributed by atoms with Gasteiger partial charge in [0.1, 0.15) is 0 Å². The van der Waals surface area contributed by atoms with Crippen molar-refractivity contribution in [3.8, 4) is 10.7 Å². The van der Waals surface area contributed by atoms with Gasteiger partial charge in [-0.3, -0.25) is 4.98 Å². The molecule has 2 heterocycles. The van der Waals surface area contributed by atoms with Crippen molar-refractivity contribution in [2.45, 2.75) is 25.8 Å². The molecule has 1 N–H and O–H groups in total. The van der Waals surface area contributed by atoms with Crippen LogP contribution in [0.15, 0.2) is 16.2 Å². The Hall–Kier alpha value is -1.31. The highest BCUT2D eigenvalue weighted by molar-refractivity contribution is 7.13. The lowest BCUT2D eigenvalue weighted by atomic mass is 10.2. The number of hydrogen-bond acceptors (Lipinski definition) is 7. The van der Waals surface area contributed by atoms with Crippen LogP contribution in [-0.2, 0) is 11.2 Å². The van der Waals surface area contributed by atoms with Crippen molar-refractivity contribution in [3.63, 3.8) is 0 Å². The fourth-order valence-corrected chi connectivity index (χ4v) is 2.26. The lowest BCUT2D eigenvalue weighted by Gasteiger charge is -2.15. The van der Waals surface area contributed by atoms with E-state index in [1.807, 2.05) is 0 Å². The molecule has 0 radical (unpaired) electrons. The van der Waals surface area contributed by atoms with Crippen LogP contribution in [0.5, 0.6) is 0 Å². The molecule has 0 aliphatic carbocycles. The summed E-state index contributed by atoms with van der Waals surface area (Å²) < 4.78 is 10.5. The summed E-state index contributed by atoms with van der Waals surface area (Å²) in [4.78, 5) is 9.30. The van der Waals surface area contributed by atoms with E-state index in [0.717, 1.165) is 17.8 Å². The number of aromatic nitrogens is 3. The van der Waals surface area contributed by atoms with Crippen LogP contribution in [0.25, 0.3) is 10.7 Å². The zero-order valence-electron chi connectivity index (χ0n) is 11.1. The Morgan fingerprint density at radius 1 is 1.53 bits per heavy atom. The van der Waals surface area contributed by atoms with Gasteiger partial charge in [0.15, 0.2) is 0 Å². The van der Waals surface area contributed by atoms with E-state index in [2.05, 4.69) is 27.4 Å². The first-order chi connectivity index (χ1) is 9.33. The van der Waals surface area contributed by atoms with Crippen molar-refractivity contribution >= 4 is 11.3 Å². The average Bonchev–Trinajstić information content (AvgIpc) is 3.06. The lowest BCUT2D eigenvalue weighted by molar-refractivity contribution is 0.161. The summed E-state index contributed by atoms with van der Waals surface area (Å²) in [7, 11) is 1.69. The van der Waals surface area contributed by atoms with Crippen molar-refractivity contribution in [2.75, 3.05) is 20.3 Å². The summed E-state index contributed by atoms with van der Waals surface area (Å²) in [5, 5.41) is 7.37. The van der Waals surface area contributed by atoms with Gasteiger partial charge in [-0.25, -0.2) is 0 Å². The second-order valence-electron chi connectivity index (χ2n) is 4.19. The molecule has 7 heteroatoms. The number of methoxy groups -OCH3 is 1. The van der Waals surface area contributed by atoms with Crippen molar-refractivity contribution < 1.29 is 9.26 Å². The van der Waals surface area contributed by atoms with Gasteiger partial charge in [-0.1, -0.05) is 12.1 Å². The minimum absolute atomic E-state index is 0.194. The Kier molecular flexibility index (Phi) is 5.44. The molecule has 104 valence electrons. The molecular weight excluding hydrogens is 264 g/mol. The van der Waals surface area contributed by atoms with Crippen LogP contribution in [0.1, 0.15) is 19.2 Å². The summed E-state index contributed by atoms with van der Waals surface area (Å²) in [6.07, 6.45) is 3.48. The van der Waals surface area contributed by atoms with Crippen molar-refractivity contribution in [2.24, 2.45) is 0 Å². The van der Waals surface area contributed by atoms with E-state index in [9.17, 15) is 0 Å². The smallest absolute Gasteiger partial charge is 0.228 e. The van der Waals surface area contributed by atoms with Gasteiger partial charge in [-0.2, -0.15) is 4.98 Å². The molecular formula is C12H18N4O2S. The van der Waals surface area contributed by atoms with E-state index in [1.54, 1.807) is 18.8 Å². The van der Waals surface area contributed by atoms with Crippen LogP contribution in [0.3, 0.4) is 0 Å². The molecule has 6 nitrogen and oxygen atoms in total. The van der Waals surface area contributed by atoms with Gasteiger partial charge in [0.2, 0.25) is 11.7 Å². The lowest BCUT2D eigenvalue weighted by Crippen LogP contribution is -2.35. The number of ether oxygens (including phenoxy) is 1. The van der Waals surface area contributed by atoms with E-state index in [4.69, 9.17) is 9.26 Å². The molecule has 2 aromatic heterocycles. The van der Waals surface area contributed by atoms with Gasteiger partial charge in [0.05, 0.1) is 17.0 Å². The molecule has 0 spiro atoms. The molecule has 19 heavy (non-hydrogen) atoms. The van der Waals surface area contributed by atoms with Gasteiger partial charge in [0, 0.05) is 25.8 Å². The van der Waals surface area contributed by atoms with Gasteiger partial charge < -0.3 is 14.6 Å². The number of nitrogens with zero attached hydrogens (tertiary/aromatic N) is 3. The first-order valence-electron chi connectivity index (χ1n) is 6.27.